The number of para-hydroxylation sites is 2. The number of ether oxygens (including phenoxy) is 3. The van der Waals surface area contributed by atoms with Crippen molar-refractivity contribution in [1.29, 1.82) is 0 Å². The van der Waals surface area contributed by atoms with Crippen LogP contribution in [0.1, 0.15) is 0 Å². The van der Waals surface area contributed by atoms with Crippen LogP contribution in [0.4, 0.5) is 11.4 Å². The number of benzene rings is 2. The number of anilines is 2. The number of carbonyl (C=O) groups is 2. The highest BCUT2D eigenvalue weighted by atomic mass is 35.5. The Labute approximate surface area is 180 Å². The van der Waals surface area contributed by atoms with Crippen LogP contribution in [0.15, 0.2) is 36.4 Å². The summed E-state index contributed by atoms with van der Waals surface area (Å²) in [5.41, 5.74) is 1.28. The lowest BCUT2D eigenvalue weighted by Crippen LogP contribution is -2.51. The fourth-order valence-corrected chi connectivity index (χ4v) is 3.55. The van der Waals surface area contributed by atoms with Gasteiger partial charge in [0.15, 0.2) is 0 Å². The van der Waals surface area contributed by atoms with E-state index in [1.54, 1.807) is 7.11 Å². The summed E-state index contributed by atoms with van der Waals surface area (Å²) in [6, 6.07) is 10.8. The first-order valence-electron chi connectivity index (χ1n) is 9.38. The fourth-order valence-electron chi connectivity index (χ4n) is 3.32. The maximum atomic E-state index is 12.7. The monoisotopic (exact) mass is 433 g/mol. The molecule has 1 fully saturated rings. The van der Waals surface area contributed by atoms with Crippen molar-refractivity contribution < 1.29 is 23.8 Å². The van der Waals surface area contributed by atoms with Crippen LogP contribution in [-0.2, 0) is 9.59 Å². The summed E-state index contributed by atoms with van der Waals surface area (Å²) in [6.07, 6.45) is 0. The molecule has 160 valence electrons. The van der Waals surface area contributed by atoms with E-state index in [4.69, 9.17) is 25.8 Å². The van der Waals surface area contributed by atoms with E-state index in [1.807, 2.05) is 24.3 Å². The number of nitrogens with zero attached hydrogens (tertiary/aromatic N) is 2. The molecule has 9 heteroatoms. The van der Waals surface area contributed by atoms with Gasteiger partial charge in [0.05, 0.1) is 37.7 Å². The van der Waals surface area contributed by atoms with Gasteiger partial charge in [-0.25, -0.2) is 0 Å². The highest BCUT2D eigenvalue weighted by Gasteiger charge is 2.28. The summed E-state index contributed by atoms with van der Waals surface area (Å²) in [4.78, 5) is 28.9. The Hall–Kier alpha value is -3.13. The summed E-state index contributed by atoms with van der Waals surface area (Å²) >= 11 is 6.08. The van der Waals surface area contributed by atoms with Crippen LogP contribution in [-0.4, -0.2) is 64.2 Å². The number of nitrogens with one attached hydrogen (secondary N) is 1. The maximum absolute atomic E-state index is 12.7. The van der Waals surface area contributed by atoms with Crippen molar-refractivity contribution in [3.8, 4) is 17.2 Å². The molecule has 2 aromatic carbocycles. The fraction of sp³-hybridized carbons (Fsp3) is 0.333. The molecular formula is C21H24ClN3O5. The molecule has 0 aliphatic carbocycles. The Morgan fingerprint density at radius 3 is 2.17 bits per heavy atom. The van der Waals surface area contributed by atoms with Crippen LogP contribution >= 0.6 is 11.6 Å². The van der Waals surface area contributed by atoms with Crippen molar-refractivity contribution in [2.24, 2.45) is 0 Å². The van der Waals surface area contributed by atoms with E-state index in [0.29, 0.717) is 48.4 Å². The molecule has 0 bridgehead atoms. The predicted octanol–water partition coefficient (Wildman–Crippen LogP) is 2.65. The quantitative estimate of drug-likeness (QED) is 0.730. The Balaban J connectivity index is 1.65. The number of methoxy groups -OCH3 is 3. The van der Waals surface area contributed by atoms with E-state index in [-0.39, 0.29) is 0 Å². The number of hydrogen-bond acceptors (Lipinski definition) is 6. The molecule has 8 nitrogen and oxygen atoms in total. The predicted molar refractivity (Wildman–Crippen MR) is 115 cm³/mol. The van der Waals surface area contributed by atoms with Gasteiger partial charge in [0.1, 0.15) is 17.2 Å². The van der Waals surface area contributed by atoms with Gasteiger partial charge in [-0.05, 0) is 12.1 Å². The van der Waals surface area contributed by atoms with Gasteiger partial charge in [0.2, 0.25) is 0 Å². The molecule has 3 rings (SSSR count). The van der Waals surface area contributed by atoms with Crippen molar-refractivity contribution in [3.63, 3.8) is 0 Å². The maximum Gasteiger partial charge on any atom is 0.314 e. The zero-order valence-electron chi connectivity index (χ0n) is 17.1. The van der Waals surface area contributed by atoms with E-state index in [2.05, 4.69) is 10.2 Å². The van der Waals surface area contributed by atoms with Crippen molar-refractivity contribution in [3.05, 3.63) is 41.4 Å². The summed E-state index contributed by atoms with van der Waals surface area (Å²) in [6.45, 7) is 2.03. The number of carbonyl (C=O) groups excluding carboxylic acids is 2. The highest BCUT2D eigenvalue weighted by molar-refractivity contribution is 6.40. The van der Waals surface area contributed by atoms with Gasteiger partial charge in [0.25, 0.3) is 0 Å². The molecule has 2 aromatic rings. The van der Waals surface area contributed by atoms with E-state index >= 15 is 0 Å². The molecule has 0 saturated carbocycles. The van der Waals surface area contributed by atoms with Gasteiger partial charge in [-0.2, -0.15) is 0 Å². The second-order valence-electron chi connectivity index (χ2n) is 6.59. The molecule has 1 heterocycles. The lowest BCUT2D eigenvalue weighted by Gasteiger charge is -2.36. The van der Waals surface area contributed by atoms with Gasteiger partial charge in [-0.15, -0.1) is 0 Å². The third-order valence-electron chi connectivity index (χ3n) is 4.91. The Kier molecular flexibility index (Phi) is 6.89. The van der Waals surface area contributed by atoms with Gasteiger partial charge in [-0.3, -0.25) is 9.59 Å². The molecule has 0 spiro atoms. The first kappa shape index (κ1) is 21.6. The minimum Gasteiger partial charge on any atom is -0.495 e. The van der Waals surface area contributed by atoms with Crippen LogP contribution < -0.4 is 24.4 Å². The Bertz CT molecular complexity index is 929. The van der Waals surface area contributed by atoms with Crippen LogP contribution in [0.5, 0.6) is 17.2 Å². The first-order chi connectivity index (χ1) is 14.5. The summed E-state index contributed by atoms with van der Waals surface area (Å²) < 4.78 is 15.8. The van der Waals surface area contributed by atoms with Crippen LogP contribution in [0.2, 0.25) is 5.02 Å². The normalized spacial score (nSPS) is 13.6. The molecule has 0 radical (unpaired) electrons. The lowest BCUT2D eigenvalue weighted by molar-refractivity contribution is -0.143. The topological polar surface area (TPSA) is 80.3 Å². The average molecular weight is 434 g/mol. The molecule has 0 atom stereocenters. The van der Waals surface area contributed by atoms with Crippen LogP contribution in [0.3, 0.4) is 0 Å². The number of halogens is 1. The van der Waals surface area contributed by atoms with E-state index in [9.17, 15) is 9.59 Å². The molecule has 1 saturated heterocycles. The average Bonchev–Trinajstić information content (AvgIpc) is 2.79. The summed E-state index contributed by atoms with van der Waals surface area (Å²) in [5, 5.41) is 2.93. The first-order valence-corrected chi connectivity index (χ1v) is 9.76. The molecule has 2 amide bonds. The van der Waals surface area contributed by atoms with E-state index < -0.39 is 11.8 Å². The smallest absolute Gasteiger partial charge is 0.314 e. The van der Waals surface area contributed by atoms with Crippen LogP contribution in [0.25, 0.3) is 0 Å². The number of rotatable bonds is 5. The zero-order valence-corrected chi connectivity index (χ0v) is 17.9. The molecule has 1 aliphatic heterocycles. The van der Waals surface area contributed by atoms with Gasteiger partial charge >= 0.3 is 11.8 Å². The number of hydrogen-bond donors (Lipinski definition) is 1. The van der Waals surface area contributed by atoms with Gasteiger partial charge in [0, 0.05) is 38.3 Å². The summed E-state index contributed by atoms with van der Waals surface area (Å²) in [5.74, 6) is 0.126. The van der Waals surface area contributed by atoms with E-state index in [0.717, 1.165) is 11.4 Å². The molecular weight excluding hydrogens is 410 g/mol. The molecule has 1 aliphatic rings. The molecule has 1 N–H and O–H groups in total. The largest absolute Gasteiger partial charge is 0.495 e. The second kappa shape index (κ2) is 9.58. The zero-order chi connectivity index (χ0) is 21.7. The van der Waals surface area contributed by atoms with Gasteiger partial charge in [-0.1, -0.05) is 23.7 Å². The number of amides is 2. The minimum absolute atomic E-state index is 0.310. The Morgan fingerprint density at radius 1 is 0.900 bits per heavy atom. The van der Waals surface area contributed by atoms with Crippen molar-refractivity contribution in [2.75, 3.05) is 57.7 Å². The SMILES string of the molecule is COc1cc(NC(=O)C(=O)N2CCN(c3ccccc3OC)CC2)c(OC)cc1Cl. The molecule has 30 heavy (non-hydrogen) atoms. The molecule has 0 aromatic heterocycles. The van der Waals surface area contributed by atoms with Crippen molar-refractivity contribution in [1.82, 2.24) is 4.90 Å². The van der Waals surface area contributed by atoms with Crippen LogP contribution in [0, 0.1) is 0 Å². The van der Waals surface area contributed by atoms with E-state index in [1.165, 1.54) is 31.3 Å². The third kappa shape index (κ3) is 4.54. The van der Waals surface area contributed by atoms with Crippen molar-refractivity contribution in [2.45, 2.75) is 0 Å². The standard InChI is InChI=1S/C21H24ClN3O5/c1-28-17-7-5-4-6-16(17)24-8-10-25(11-9-24)21(27)20(26)23-15-13-18(29-2)14(22)12-19(15)30-3/h4-7,12-13H,8-11H2,1-3H3,(H,23,26). The molecule has 0 unspecified atom stereocenters. The minimum atomic E-state index is -0.747. The highest BCUT2D eigenvalue weighted by Crippen LogP contribution is 2.36. The third-order valence-corrected chi connectivity index (χ3v) is 5.20. The lowest BCUT2D eigenvalue weighted by atomic mass is 10.2. The van der Waals surface area contributed by atoms with Crippen molar-refractivity contribution >= 4 is 34.8 Å². The van der Waals surface area contributed by atoms with Gasteiger partial charge < -0.3 is 29.3 Å². The Morgan fingerprint density at radius 2 is 1.53 bits per heavy atom. The second-order valence-corrected chi connectivity index (χ2v) is 7.00. The summed E-state index contributed by atoms with van der Waals surface area (Å²) in [7, 11) is 4.54. The number of piperazine rings is 1.